The Hall–Kier alpha value is -0.320. The lowest BCUT2D eigenvalue weighted by Gasteiger charge is -2.31. The average molecular weight is 249 g/mol. The molecule has 0 spiro atoms. The minimum Gasteiger partial charge on any atom is -0.342 e. The largest absolute Gasteiger partial charge is 0.342 e. The van der Waals surface area contributed by atoms with Gasteiger partial charge >= 0.3 is 0 Å². The number of hydrogen-bond donors (Lipinski definition) is 1. The Kier molecular flexibility index (Phi) is 3.42. The fourth-order valence-corrected chi connectivity index (χ4v) is 2.74. The van der Waals surface area contributed by atoms with E-state index < -0.39 is 11.8 Å². The van der Waals surface area contributed by atoms with E-state index in [0.29, 0.717) is 24.8 Å². The average Bonchev–Trinajstić information content (AvgIpc) is 2.59. The van der Waals surface area contributed by atoms with Crippen LogP contribution in [-0.2, 0) is 4.79 Å². The number of nitrogens with zero attached hydrogens (tertiary/aromatic N) is 1. The Bertz CT molecular complexity index is 277. The zero-order valence-electron chi connectivity index (χ0n) is 9.16. The lowest BCUT2D eigenvalue weighted by molar-refractivity contribution is -0.137. The summed E-state index contributed by atoms with van der Waals surface area (Å²) in [5.74, 6) is -3.15. The van der Waals surface area contributed by atoms with E-state index in [-0.39, 0.29) is 18.7 Å². The van der Waals surface area contributed by atoms with E-state index in [1.54, 1.807) is 4.90 Å². The van der Waals surface area contributed by atoms with Crippen LogP contribution in [0.15, 0.2) is 0 Å². The van der Waals surface area contributed by atoms with Gasteiger partial charge in [-0.2, -0.15) is 12.6 Å². The van der Waals surface area contributed by atoms with Crippen LogP contribution in [0.4, 0.5) is 8.78 Å². The Morgan fingerprint density at radius 1 is 1.25 bits per heavy atom. The van der Waals surface area contributed by atoms with Crippen LogP contribution in [0.5, 0.6) is 0 Å². The number of carbonyl (C=O) groups excluding carboxylic acids is 1. The van der Waals surface area contributed by atoms with Gasteiger partial charge in [0.15, 0.2) is 0 Å². The highest BCUT2D eigenvalue weighted by molar-refractivity contribution is 7.80. The second kappa shape index (κ2) is 4.51. The molecule has 1 atom stereocenters. The van der Waals surface area contributed by atoms with Gasteiger partial charge in [-0.1, -0.05) is 0 Å². The number of amides is 1. The van der Waals surface area contributed by atoms with Gasteiger partial charge in [0.05, 0.1) is 0 Å². The number of halogens is 2. The van der Waals surface area contributed by atoms with Gasteiger partial charge in [-0.3, -0.25) is 4.79 Å². The summed E-state index contributed by atoms with van der Waals surface area (Å²) in [6.45, 7) is 1.35. The lowest BCUT2D eigenvalue weighted by Crippen LogP contribution is -2.41. The monoisotopic (exact) mass is 249 g/mol. The number of thiol groups is 1. The van der Waals surface area contributed by atoms with E-state index in [0.717, 1.165) is 12.8 Å². The summed E-state index contributed by atoms with van der Waals surface area (Å²) in [5, 5.41) is 0.356. The molecule has 2 rings (SSSR count). The van der Waals surface area contributed by atoms with Crippen molar-refractivity contribution in [1.82, 2.24) is 4.90 Å². The highest BCUT2D eigenvalue weighted by Gasteiger charge is 2.43. The van der Waals surface area contributed by atoms with Gasteiger partial charge < -0.3 is 4.90 Å². The van der Waals surface area contributed by atoms with Crippen LogP contribution in [0.1, 0.15) is 32.1 Å². The van der Waals surface area contributed by atoms with Crippen LogP contribution in [0.25, 0.3) is 0 Å². The van der Waals surface area contributed by atoms with Gasteiger partial charge in [-0.05, 0) is 19.3 Å². The number of likely N-dealkylation sites (tertiary alicyclic amines) is 1. The summed E-state index contributed by atoms with van der Waals surface area (Å²) in [5.41, 5.74) is 0. The zero-order valence-corrected chi connectivity index (χ0v) is 10.1. The molecule has 1 saturated carbocycles. The van der Waals surface area contributed by atoms with Gasteiger partial charge in [0.1, 0.15) is 0 Å². The maximum absolute atomic E-state index is 13.0. The molecule has 1 amide bonds. The zero-order chi connectivity index (χ0) is 11.8. The number of alkyl halides is 2. The second-order valence-electron chi connectivity index (χ2n) is 4.85. The molecule has 1 heterocycles. The Morgan fingerprint density at radius 3 is 2.38 bits per heavy atom. The first-order valence-electron chi connectivity index (χ1n) is 5.83. The third kappa shape index (κ3) is 2.67. The molecular formula is C11H17F2NOS. The maximum atomic E-state index is 13.0. The third-order valence-electron chi connectivity index (χ3n) is 3.53. The van der Waals surface area contributed by atoms with E-state index in [1.807, 2.05) is 0 Å². The first kappa shape index (κ1) is 12.1. The van der Waals surface area contributed by atoms with Crippen molar-refractivity contribution in [2.24, 2.45) is 5.92 Å². The highest BCUT2D eigenvalue weighted by atomic mass is 32.1. The molecule has 16 heavy (non-hydrogen) atoms. The number of carbonyl (C=O) groups is 1. The van der Waals surface area contributed by atoms with Crippen molar-refractivity contribution in [3.05, 3.63) is 0 Å². The fourth-order valence-electron chi connectivity index (χ4n) is 2.51. The predicted octanol–water partition coefficient (Wildman–Crippen LogP) is 2.34. The first-order chi connectivity index (χ1) is 7.48. The van der Waals surface area contributed by atoms with Crippen LogP contribution in [0.2, 0.25) is 0 Å². The topological polar surface area (TPSA) is 20.3 Å². The minimum atomic E-state index is -2.62. The number of piperidine rings is 1. The van der Waals surface area contributed by atoms with Crippen LogP contribution in [0, 0.1) is 5.92 Å². The lowest BCUT2D eigenvalue weighted by atomic mass is 10.0. The van der Waals surface area contributed by atoms with Crippen LogP contribution in [-0.4, -0.2) is 35.1 Å². The van der Waals surface area contributed by atoms with E-state index in [2.05, 4.69) is 12.6 Å². The Morgan fingerprint density at radius 2 is 1.88 bits per heavy atom. The van der Waals surface area contributed by atoms with Crippen molar-refractivity contribution in [1.29, 1.82) is 0 Å². The van der Waals surface area contributed by atoms with Crippen LogP contribution < -0.4 is 0 Å². The molecule has 1 aliphatic carbocycles. The van der Waals surface area contributed by atoms with Crippen molar-refractivity contribution in [3.63, 3.8) is 0 Å². The van der Waals surface area contributed by atoms with E-state index in [1.165, 1.54) is 0 Å². The molecule has 2 fully saturated rings. The van der Waals surface area contributed by atoms with Crippen LogP contribution >= 0.6 is 12.6 Å². The molecule has 92 valence electrons. The van der Waals surface area contributed by atoms with E-state index in [9.17, 15) is 13.6 Å². The van der Waals surface area contributed by atoms with Gasteiger partial charge in [0.2, 0.25) is 11.8 Å². The molecule has 2 nitrogen and oxygen atoms in total. The highest BCUT2D eigenvalue weighted by Crippen LogP contribution is 2.39. The summed E-state index contributed by atoms with van der Waals surface area (Å²) in [4.78, 5) is 13.7. The fraction of sp³-hybridized carbons (Fsp3) is 0.909. The van der Waals surface area contributed by atoms with Gasteiger partial charge in [-0.15, -0.1) is 0 Å². The summed E-state index contributed by atoms with van der Waals surface area (Å²) >= 11 is 4.35. The predicted molar refractivity (Wildman–Crippen MR) is 60.9 cm³/mol. The summed E-state index contributed by atoms with van der Waals surface area (Å²) in [7, 11) is 0. The molecule has 2 aliphatic rings. The van der Waals surface area contributed by atoms with Crippen molar-refractivity contribution in [2.45, 2.75) is 43.3 Å². The molecular weight excluding hydrogens is 232 g/mol. The number of hydrogen-bond acceptors (Lipinski definition) is 2. The minimum absolute atomic E-state index is 0.0718. The second-order valence-corrected chi connectivity index (χ2v) is 5.58. The van der Waals surface area contributed by atoms with Crippen LogP contribution in [0.3, 0.4) is 0 Å². The molecule has 0 aromatic heterocycles. The Labute approximate surface area is 99.8 Å². The van der Waals surface area contributed by atoms with Crippen molar-refractivity contribution in [3.8, 4) is 0 Å². The summed E-state index contributed by atoms with van der Waals surface area (Å²) in [6.07, 6.45) is 1.70. The molecule has 5 heteroatoms. The quantitative estimate of drug-likeness (QED) is 0.707. The smallest absolute Gasteiger partial charge is 0.248 e. The van der Waals surface area contributed by atoms with Gasteiger partial charge in [0.25, 0.3) is 0 Å². The normalized spacial score (nSPS) is 30.7. The molecule has 0 aromatic carbocycles. The molecule has 0 N–H and O–H groups in total. The first-order valence-corrected chi connectivity index (χ1v) is 6.34. The third-order valence-corrected chi connectivity index (χ3v) is 4.05. The van der Waals surface area contributed by atoms with Crippen molar-refractivity contribution >= 4 is 18.5 Å². The van der Waals surface area contributed by atoms with Gasteiger partial charge in [-0.25, -0.2) is 8.78 Å². The molecule has 0 bridgehead atoms. The molecule has 1 aliphatic heterocycles. The van der Waals surface area contributed by atoms with E-state index >= 15 is 0 Å². The van der Waals surface area contributed by atoms with Gasteiger partial charge in [0, 0.05) is 37.1 Å². The number of rotatable bonds is 1. The van der Waals surface area contributed by atoms with E-state index in [4.69, 9.17) is 0 Å². The summed E-state index contributed by atoms with van der Waals surface area (Å²) in [6, 6.07) is 0. The summed E-state index contributed by atoms with van der Waals surface area (Å²) < 4.78 is 26.0. The SMILES string of the molecule is O=C(C1CCC(F)(F)C1)N1CCC(S)CC1. The Balaban J connectivity index is 1.89. The van der Waals surface area contributed by atoms with Crippen molar-refractivity contribution < 1.29 is 13.6 Å². The molecule has 0 aromatic rings. The molecule has 1 unspecified atom stereocenters. The maximum Gasteiger partial charge on any atom is 0.248 e. The standard InChI is InChI=1S/C11H17F2NOS/c12-11(13)4-1-8(7-11)10(15)14-5-2-9(16)3-6-14/h8-9,16H,1-7H2. The van der Waals surface area contributed by atoms with Crippen molar-refractivity contribution in [2.75, 3.05) is 13.1 Å². The molecule has 1 saturated heterocycles. The molecule has 0 radical (unpaired) electrons.